The molecule has 0 bridgehead atoms. The van der Waals surface area contributed by atoms with Crippen molar-refractivity contribution in [1.29, 1.82) is 0 Å². The second-order valence-electron chi connectivity index (χ2n) is 7.58. The van der Waals surface area contributed by atoms with Gasteiger partial charge in [-0.2, -0.15) is 0 Å². The SMILES string of the molecule is CC(C)(C)N1CCCC1c1ccccc1C1=CCCCC1. The highest BCUT2D eigenvalue weighted by Crippen LogP contribution is 2.41. The van der Waals surface area contributed by atoms with Crippen LogP contribution in [0.1, 0.15) is 76.5 Å². The molecule has 1 fully saturated rings. The highest BCUT2D eigenvalue weighted by atomic mass is 15.2. The predicted octanol–water partition coefficient (Wildman–Crippen LogP) is 5.58. The summed E-state index contributed by atoms with van der Waals surface area (Å²) in [5.74, 6) is 0. The van der Waals surface area contributed by atoms with E-state index in [4.69, 9.17) is 0 Å². The lowest BCUT2D eigenvalue weighted by Gasteiger charge is -2.38. The number of nitrogens with zero attached hydrogens (tertiary/aromatic N) is 1. The Bertz CT molecular complexity index is 521. The molecule has 1 atom stereocenters. The molecule has 1 heteroatoms. The Hall–Kier alpha value is -1.08. The van der Waals surface area contributed by atoms with Gasteiger partial charge in [-0.1, -0.05) is 30.3 Å². The summed E-state index contributed by atoms with van der Waals surface area (Å²) >= 11 is 0. The lowest BCUT2D eigenvalue weighted by Crippen LogP contribution is -2.40. The predicted molar refractivity (Wildman–Crippen MR) is 91.3 cm³/mol. The van der Waals surface area contributed by atoms with Crippen molar-refractivity contribution in [3.05, 3.63) is 41.5 Å². The molecule has 1 nitrogen and oxygen atoms in total. The highest BCUT2D eigenvalue weighted by molar-refractivity contribution is 5.69. The molecule has 2 aliphatic rings. The second-order valence-corrected chi connectivity index (χ2v) is 7.58. The van der Waals surface area contributed by atoms with Crippen molar-refractivity contribution in [2.24, 2.45) is 0 Å². The van der Waals surface area contributed by atoms with Gasteiger partial charge in [0.15, 0.2) is 0 Å². The molecule has 0 radical (unpaired) electrons. The average Bonchev–Trinajstić information content (AvgIpc) is 2.98. The zero-order valence-electron chi connectivity index (χ0n) is 13.9. The van der Waals surface area contributed by atoms with Crippen molar-refractivity contribution in [3.8, 4) is 0 Å². The highest BCUT2D eigenvalue weighted by Gasteiger charge is 2.34. The first-order chi connectivity index (χ1) is 10.1. The molecule has 0 aromatic heterocycles. The van der Waals surface area contributed by atoms with E-state index in [-0.39, 0.29) is 5.54 Å². The first-order valence-electron chi connectivity index (χ1n) is 8.62. The average molecular weight is 283 g/mol. The Morgan fingerprint density at radius 2 is 1.86 bits per heavy atom. The second kappa shape index (κ2) is 5.96. The molecule has 114 valence electrons. The van der Waals surface area contributed by atoms with Crippen LogP contribution in [0.5, 0.6) is 0 Å². The molecule has 1 aliphatic carbocycles. The molecule has 0 spiro atoms. The number of rotatable bonds is 2. The zero-order chi connectivity index (χ0) is 14.9. The van der Waals surface area contributed by atoms with Crippen molar-refractivity contribution >= 4 is 5.57 Å². The van der Waals surface area contributed by atoms with Crippen molar-refractivity contribution < 1.29 is 0 Å². The van der Waals surface area contributed by atoms with E-state index in [1.54, 1.807) is 11.1 Å². The van der Waals surface area contributed by atoms with Gasteiger partial charge in [0.05, 0.1) is 0 Å². The van der Waals surface area contributed by atoms with E-state index >= 15 is 0 Å². The molecular formula is C20H29N. The van der Waals surface area contributed by atoms with Crippen LogP contribution in [0, 0.1) is 0 Å². The summed E-state index contributed by atoms with van der Waals surface area (Å²) in [6.07, 6.45) is 10.4. The molecule has 0 amide bonds. The van der Waals surface area contributed by atoms with Gasteiger partial charge in [-0.25, -0.2) is 0 Å². The largest absolute Gasteiger partial charge is 0.291 e. The van der Waals surface area contributed by atoms with Gasteiger partial charge in [0, 0.05) is 11.6 Å². The third-order valence-electron chi connectivity index (χ3n) is 5.07. The van der Waals surface area contributed by atoms with Crippen LogP contribution < -0.4 is 0 Å². The Balaban J connectivity index is 1.97. The van der Waals surface area contributed by atoms with Gasteiger partial charge in [0.1, 0.15) is 0 Å². The minimum Gasteiger partial charge on any atom is -0.291 e. The van der Waals surface area contributed by atoms with E-state index < -0.39 is 0 Å². The van der Waals surface area contributed by atoms with Gasteiger partial charge in [0.2, 0.25) is 0 Å². The summed E-state index contributed by atoms with van der Waals surface area (Å²) in [4.78, 5) is 2.70. The standard InChI is InChI=1S/C20H29N/c1-20(2,3)21-15-9-14-19(21)18-13-8-7-12-17(18)16-10-5-4-6-11-16/h7-8,10,12-13,19H,4-6,9,11,14-15H2,1-3H3. The molecule has 0 N–H and O–H groups in total. The molecule has 0 saturated carbocycles. The molecule has 1 aromatic carbocycles. The summed E-state index contributed by atoms with van der Waals surface area (Å²) in [5, 5.41) is 0. The Kier molecular flexibility index (Phi) is 4.21. The topological polar surface area (TPSA) is 3.24 Å². The first kappa shape index (κ1) is 14.8. The summed E-state index contributed by atoms with van der Waals surface area (Å²) < 4.78 is 0. The molecule has 3 rings (SSSR count). The monoisotopic (exact) mass is 283 g/mol. The van der Waals surface area contributed by atoms with Gasteiger partial charge < -0.3 is 0 Å². The maximum atomic E-state index is 2.70. The van der Waals surface area contributed by atoms with Crippen molar-refractivity contribution in [2.75, 3.05) is 6.54 Å². The Morgan fingerprint density at radius 1 is 1.05 bits per heavy atom. The van der Waals surface area contributed by atoms with Gasteiger partial charge in [-0.15, -0.1) is 0 Å². The lowest BCUT2D eigenvalue weighted by molar-refractivity contribution is 0.121. The molecule has 1 unspecified atom stereocenters. The normalized spacial score (nSPS) is 24.1. The number of likely N-dealkylation sites (tertiary alicyclic amines) is 1. The maximum Gasteiger partial charge on any atom is 0.0359 e. The van der Waals surface area contributed by atoms with Gasteiger partial charge in [-0.05, 0) is 82.5 Å². The van der Waals surface area contributed by atoms with Crippen LogP contribution in [-0.4, -0.2) is 17.0 Å². The number of benzene rings is 1. The van der Waals surface area contributed by atoms with E-state index in [9.17, 15) is 0 Å². The molecule has 1 aromatic rings. The van der Waals surface area contributed by atoms with Crippen molar-refractivity contribution in [3.63, 3.8) is 0 Å². The molecule has 1 heterocycles. The number of hydrogen-bond acceptors (Lipinski definition) is 1. The summed E-state index contributed by atoms with van der Waals surface area (Å²) in [6, 6.07) is 9.76. The Morgan fingerprint density at radius 3 is 2.57 bits per heavy atom. The van der Waals surface area contributed by atoms with Crippen LogP contribution in [0.4, 0.5) is 0 Å². The third-order valence-corrected chi connectivity index (χ3v) is 5.07. The molecule has 1 aliphatic heterocycles. The summed E-state index contributed by atoms with van der Waals surface area (Å²) in [6.45, 7) is 8.30. The summed E-state index contributed by atoms with van der Waals surface area (Å²) in [5.41, 5.74) is 4.95. The maximum absolute atomic E-state index is 2.70. The third kappa shape index (κ3) is 3.08. The fraction of sp³-hybridized carbons (Fsp3) is 0.600. The van der Waals surface area contributed by atoms with Crippen LogP contribution in [0.2, 0.25) is 0 Å². The fourth-order valence-electron chi connectivity index (χ4n) is 4.06. The minimum atomic E-state index is 0.259. The first-order valence-corrected chi connectivity index (χ1v) is 8.62. The quantitative estimate of drug-likeness (QED) is 0.685. The summed E-state index contributed by atoms with van der Waals surface area (Å²) in [7, 11) is 0. The minimum absolute atomic E-state index is 0.259. The van der Waals surface area contributed by atoms with Crippen LogP contribution >= 0.6 is 0 Å². The smallest absolute Gasteiger partial charge is 0.0359 e. The van der Waals surface area contributed by atoms with E-state index in [2.05, 4.69) is 56.0 Å². The van der Waals surface area contributed by atoms with Gasteiger partial charge in [0.25, 0.3) is 0 Å². The number of hydrogen-bond donors (Lipinski definition) is 0. The van der Waals surface area contributed by atoms with Crippen molar-refractivity contribution in [1.82, 2.24) is 4.90 Å². The lowest BCUT2D eigenvalue weighted by atomic mass is 9.87. The van der Waals surface area contributed by atoms with E-state index in [0.29, 0.717) is 6.04 Å². The van der Waals surface area contributed by atoms with E-state index in [1.165, 1.54) is 50.6 Å². The van der Waals surface area contributed by atoms with Gasteiger partial charge >= 0.3 is 0 Å². The van der Waals surface area contributed by atoms with Crippen LogP contribution in [0.25, 0.3) is 5.57 Å². The zero-order valence-corrected chi connectivity index (χ0v) is 13.9. The van der Waals surface area contributed by atoms with Crippen LogP contribution in [0.3, 0.4) is 0 Å². The van der Waals surface area contributed by atoms with E-state index in [1.807, 2.05) is 0 Å². The molecule has 1 saturated heterocycles. The van der Waals surface area contributed by atoms with E-state index in [0.717, 1.165) is 0 Å². The van der Waals surface area contributed by atoms with Crippen molar-refractivity contribution in [2.45, 2.75) is 70.9 Å². The fourth-order valence-corrected chi connectivity index (χ4v) is 4.06. The van der Waals surface area contributed by atoms with Gasteiger partial charge in [-0.3, -0.25) is 4.90 Å². The molecular weight excluding hydrogens is 254 g/mol. The number of allylic oxidation sites excluding steroid dienone is 2. The van der Waals surface area contributed by atoms with Crippen LogP contribution in [-0.2, 0) is 0 Å². The molecule has 21 heavy (non-hydrogen) atoms. The van der Waals surface area contributed by atoms with Crippen LogP contribution in [0.15, 0.2) is 30.3 Å². The Labute approximate surface area is 130 Å².